The van der Waals surface area contributed by atoms with Crippen LogP contribution in [0.15, 0.2) is 0 Å². The van der Waals surface area contributed by atoms with Crippen LogP contribution in [-0.2, 0) is 4.74 Å². The molecule has 1 N–H and O–H groups in total. The van der Waals surface area contributed by atoms with Gasteiger partial charge >= 0.3 is 6.09 Å². The number of rotatable bonds is 2. The fourth-order valence-electron chi connectivity index (χ4n) is 2.24. The number of likely N-dealkylation sites (tertiary alicyclic amines) is 1. The van der Waals surface area contributed by atoms with Gasteiger partial charge in [-0.3, -0.25) is 0 Å². The van der Waals surface area contributed by atoms with Crippen LogP contribution in [0.5, 0.6) is 0 Å². The number of carbonyl (C=O) groups excluding carboxylic acids is 1. The predicted octanol–water partition coefficient (Wildman–Crippen LogP) is 2.63. The van der Waals surface area contributed by atoms with E-state index in [0.717, 1.165) is 26.1 Å². The van der Waals surface area contributed by atoms with Crippen LogP contribution in [0.1, 0.15) is 48.0 Å². The Morgan fingerprint density at radius 1 is 1.28 bits per heavy atom. The molecule has 0 aromatic heterocycles. The minimum absolute atomic E-state index is 0.224. The van der Waals surface area contributed by atoms with Crippen molar-refractivity contribution in [3.8, 4) is 0 Å². The molecule has 0 spiro atoms. The first-order valence-electron chi connectivity index (χ1n) is 6.77. The molecule has 18 heavy (non-hydrogen) atoms. The molecular formula is C14H28N2O2. The highest BCUT2D eigenvalue weighted by atomic mass is 16.6. The van der Waals surface area contributed by atoms with E-state index in [9.17, 15) is 4.79 Å². The molecule has 1 fully saturated rings. The van der Waals surface area contributed by atoms with Crippen molar-refractivity contribution in [1.29, 1.82) is 0 Å². The third-order valence-corrected chi connectivity index (χ3v) is 2.69. The lowest BCUT2D eigenvalue weighted by Crippen LogP contribution is -2.41. The van der Waals surface area contributed by atoms with Crippen molar-refractivity contribution in [2.24, 2.45) is 5.41 Å². The van der Waals surface area contributed by atoms with Crippen LogP contribution in [0.2, 0.25) is 0 Å². The molecule has 0 aromatic carbocycles. The number of alkyl carbamates (subject to hydrolysis) is 1. The first-order valence-corrected chi connectivity index (χ1v) is 6.77. The van der Waals surface area contributed by atoms with Crippen molar-refractivity contribution in [3.63, 3.8) is 0 Å². The van der Waals surface area contributed by atoms with Gasteiger partial charge in [-0.2, -0.15) is 0 Å². The molecule has 1 heterocycles. The first-order chi connectivity index (χ1) is 8.05. The molecule has 0 saturated carbocycles. The molecule has 1 amide bonds. The molecule has 0 radical (unpaired) electrons. The van der Waals surface area contributed by atoms with Gasteiger partial charge in [-0.15, -0.1) is 0 Å². The zero-order chi connectivity index (χ0) is 14.0. The van der Waals surface area contributed by atoms with Gasteiger partial charge in [-0.1, -0.05) is 20.8 Å². The molecule has 1 aliphatic heterocycles. The second-order valence-electron chi connectivity index (χ2n) is 7.43. The molecule has 1 aliphatic rings. The highest BCUT2D eigenvalue weighted by Crippen LogP contribution is 2.19. The topological polar surface area (TPSA) is 41.6 Å². The summed E-state index contributed by atoms with van der Waals surface area (Å²) in [5.74, 6) is 0. The number of nitrogens with one attached hydrogen (secondary N) is 1. The van der Waals surface area contributed by atoms with E-state index in [1.54, 1.807) is 0 Å². The Morgan fingerprint density at radius 2 is 1.89 bits per heavy atom. The summed E-state index contributed by atoms with van der Waals surface area (Å²) in [5.41, 5.74) is -0.116. The lowest BCUT2D eigenvalue weighted by molar-refractivity contribution is 0.0505. The summed E-state index contributed by atoms with van der Waals surface area (Å²) in [5, 5.41) is 2.95. The molecule has 4 nitrogen and oxygen atoms in total. The minimum atomic E-state index is -0.423. The van der Waals surface area contributed by atoms with Crippen molar-refractivity contribution >= 4 is 6.09 Å². The van der Waals surface area contributed by atoms with Crippen LogP contribution < -0.4 is 5.32 Å². The normalized spacial score (nSPS) is 22.0. The van der Waals surface area contributed by atoms with Crippen molar-refractivity contribution in [2.45, 2.75) is 59.6 Å². The van der Waals surface area contributed by atoms with Gasteiger partial charge in [-0.25, -0.2) is 4.79 Å². The van der Waals surface area contributed by atoms with E-state index in [0.29, 0.717) is 5.41 Å². The van der Waals surface area contributed by atoms with Gasteiger partial charge in [0, 0.05) is 25.7 Å². The van der Waals surface area contributed by atoms with Crippen LogP contribution in [-0.4, -0.2) is 42.3 Å². The molecule has 0 bridgehead atoms. The van der Waals surface area contributed by atoms with Crippen LogP contribution in [0.4, 0.5) is 4.79 Å². The van der Waals surface area contributed by atoms with Crippen LogP contribution in [0, 0.1) is 5.41 Å². The zero-order valence-electron chi connectivity index (χ0n) is 12.7. The molecule has 1 saturated heterocycles. The Hall–Kier alpha value is -0.770. The Labute approximate surface area is 111 Å². The second kappa shape index (κ2) is 5.47. The Bertz CT molecular complexity index is 289. The van der Waals surface area contributed by atoms with Crippen molar-refractivity contribution in [1.82, 2.24) is 10.2 Å². The predicted molar refractivity (Wildman–Crippen MR) is 73.7 cm³/mol. The molecule has 1 atom stereocenters. The lowest BCUT2D eigenvalue weighted by atomic mass is 9.96. The van der Waals surface area contributed by atoms with E-state index in [2.05, 4.69) is 31.0 Å². The largest absolute Gasteiger partial charge is 0.444 e. The van der Waals surface area contributed by atoms with Crippen molar-refractivity contribution in [3.05, 3.63) is 0 Å². The summed E-state index contributed by atoms with van der Waals surface area (Å²) in [4.78, 5) is 14.1. The molecule has 0 unspecified atom stereocenters. The second-order valence-corrected chi connectivity index (χ2v) is 7.43. The van der Waals surface area contributed by atoms with Crippen LogP contribution in [0.3, 0.4) is 0 Å². The fraction of sp³-hybridized carbons (Fsp3) is 0.929. The minimum Gasteiger partial charge on any atom is -0.444 e. The maximum absolute atomic E-state index is 11.7. The monoisotopic (exact) mass is 256 g/mol. The average Bonchev–Trinajstić information content (AvgIpc) is 2.44. The van der Waals surface area contributed by atoms with Gasteiger partial charge in [0.15, 0.2) is 0 Å². The number of ether oxygens (including phenoxy) is 1. The van der Waals surface area contributed by atoms with E-state index in [1.807, 2.05) is 20.8 Å². The Kier molecular flexibility index (Phi) is 4.65. The van der Waals surface area contributed by atoms with E-state index >= 15 is 0 Å². The number of carbonyl (C=O) groups is 1. The van der Waals surface area contributed by atoms with Crippen molar-refractivity contribution < 1.29 is 9.53 Å². The molecule has 4 heteroatoms. The number of amides is 1. The van der Waals surface area contributed by atoms with Gasteiger partial charge in [0.25, 0.3) is 0 Å². The number of hydrogen-bond acceptors (Lipinski definition) is 3. The van der Waals surface area contributed by atoms with E-state index in [1.165, 1.54) is 0 Å². The molecule has 106 valence electrons. The Morgan fingerprint density at radius 3 is 2.39 bits per heavy atom. The standard InChI is InChI=1S/C14H28N2O2/c1-13(2,3)10-16-8-7-11(9-16)15-12(17)18-14(4,5)6/h11H,7-10H2,1-6H3,(H,15,17)/t11-/m1/s1. The third kappa shape index (κ3) is 6.24. The maximum atomic E-state index is 11.7. The summed E-state index contributed by atoms with van der Waals surface area (Å²) < 4.78 is 5.27. The maximum Gasteiger partial charge on any atom is 0.407 e. The summed E-state index contributed by atoms with van der Waals surface area (Å²) in [6.45, 7) is 15.4. The van der Waals surface area contributed by atoms with Gasteiger partial charge in [-0.05, 0) is 32.6 Å². The summed E-state index contributed by atoms with van der Waals surface area (Å²) in [6.07, 6.45) is 0.708. The molecular weight excluding hydrogens is 228 g/mol. The smallest absolute Gasteiger partial charge is 0.407 e. The summed E-state index contributed by atoms with van der Waals surface area (Å²) in [6, 6.07) is 0.224. The zero-order valence-corrected chi connectivity index (χ0v) is 12.7. The third-order valence-electron chi connectivity index (χ3n) is 2.69. The highest BCUT2D eigenvalue weighted by Gasteiger charge is 2.28. The highest BCUT2D eigenvalue weighted by molar-refractivity contribution is 5.68. The summed E-state index contributed by atoms with van der Waals surface area (Å²) in [7, 11) is 0. The van der Waals surface area contributed by atoms with Gasteiger partial charge < -0.3 is 15.0 Å². The first kappa shape index (κ1) is 15.3. The molecule has 0 aromatic rings. The lowest BCUT2D eigenvalue weighted by Gasteiger charge is -2.26. The summed E-state index contributed by atoms with van der Waals surface area (Å²) >= 11 is 0. The molecule has 1 rings (SSSR count). The van der Waals surface area contributed by atoms with Crippen LogP contribution in [0.25, 0.3) is 0 Å². The molecule has 0 aliphatic carbocycles. The van der Waals surface area contributed by atoms with Gasteiger partial charge in [0.2, 0.25) is 0 Å². The number of hydrogen-bond donors (Lipinski definition) is 1. The quantitative estimate of drug-likeness (QED) is 0.826. The van der Waals surface area contributed by atoms with Crippen LogP contribution >= 0.6 is 0 Å². The van der Waals surface area contributed by atoms with Gasteiger partial charge in [0.1, 0.15) is 5.60 Å². The van der Waals surface area contributed by atoms with E-state index in [-0.39, 0.29) is 12.1 Å². The van der Waals surface area contributed by atoms with E-state index in [4.69, 9.17) is 4.74 Å². The van der Waals surface area contributed by atoms with Crippen molar-refractivity contribution in [2.75, 3.05) is 19.6 Å². The van der Waals surface area contributed by atoms with Gasteiger partial charge in [0.05, 0.1) is 0 Å². The fourth-order valence-corrected chi connectivity index (χ4v) is 2.24. The SMILES string of the molecule is CC(C)(C)CN1CC[C@@H](NC(=O)OC(C)(C)C)C1. The average molecular weight is 256 g/mol. The Balaban J connectivity index is 2.32. The number of nitrogens with zero attached hydrogens (tertiary/aromatic N) is 1. The van der Waals surface area contributed by atoms with E-state index < -0.39 is 5.60 Å².